The van der Waals surface area contributed by atoms with Crippen LogP contribution in [0.15, 0.2) is 22.6 Å². The molecule has 12 heteroatoms. The molecule has 0 saturated heterocycles. The summed E-state index contributed by atoms with van der Waals surface area (Å²) in [5.41, 5.74) is 0.0422. The number of aryl methyl sites for hydroxylation is 1. The second-order valence-electron chi connectivity index (χ2n) is 5.49. The van der Waals surface area contributed by atoms with Crippen LogP contribution in [-0.4, -0.2) is 47.1 Å². The highest BCUT2D eigenvalue weighted by atomic mass is 127. The summed E-state index contributed by atoms with van der Waals surface area (Å²) in [4.78, 5) is 16.1. The van der Waals surface area contributed by atoms with Crippen LogP contribution in [0.25, 0.3) is 0 Å². The largest absolute Gasteiger partial charge is 0.433 e. The number of halogens is 4. The molecule has 156 valence electrons. The summed E-state index contributed by atoms with van der Waals surface area (Å²) < 4.78 is 37.9. The normalized spacial score (nSPS) is 11.7. The highest BCUT2D eigenvalue weighted by Crippen LogP contribution is 2.27. The predicted octanol–water partition coefficient (Wildman–Crippen LogP) is 3.09. The fourth-order valence-electron chi connectivity index (χ4n) is 2.10. The molecule has 2 aromatic heterocycles. The van der Waals surface area contributed by atoms with Gasteiger partial charge < -0.3 is 16.0 Å². The number of rotatable bonds is 8. The molecule has 0 spiro atoms. The Morgan fingerprint density at radius 2 is 2.00 bits per heavy atom. The van der Waals surface area contributed by atoms with E-state index in [4.69, 9.17) is 0 Å². The lowest BCUT2D eigenvalue weighted by atomic mass is 10.3. The Morgan fingerprint density at radius 1 is 1.21 bits per heavy atom. The van der Waals surface area contributed by atoms with Crippen LogP contribution in [0, 0.1) is 6.92 Å². The van der Waals surface area contributed by atoms with Crippen molar-refractivity contribution in [2.45, 2.75) is 26.4 Å². The van der Waals surface area contributed by atoms with Crippen LogP contribution < -0.4 is 16.0 Å². The van der Waals surface area contributed by atoms with E-state index in [0.717, 1.165) is 29.4 Å². The Balaban J connectivity index is 0.00000392. The molecule has 0 fully saturated rings. The van der Waals surface area contributed by atoms with E-state index < -0.39 is 11.9 Å². The van der Waals surface area contributed by atoms with Crippen molar-refractivity contribution in [1.82, 2.24) is 25.6 Å². The van der Waals surface area contributed by atoms with Gasteiger partial charge in [-0.25, -0.2) is 15.0 Å². The lowest BCUT2D eigenvalue weighted by Crippen LogP contribution is -2.39. The summed E-state index contributed by atoms with van der Waals surface area (Å²) in [6.45, 7) is 5.99. The van der Waals surface area contributed by atoms with Crippen molar-refractivity contribution >= 4 is 47.2 Å². The van der Waals surface area contributed by atoms with E-state index in [1.807, 2.05) is 19.2 Å². The van der Waals surface area contributed by atoms with Gasteiger partial charge in [0.05, 0.1) is 10.7 Å². The highest BCUT2D eigenvalue weighted by Gasteiger charge is 2.32. The van der Waals surface area contributed by atoms with Crippen LogP contribution in [0.2, 0.25) is 0 Å². The molecule has 0 unspecified atom stereocenters. The number of thiazole rings is 1. The number of hydrogen-bond donors (Lipinski definition) is 3. The lowest BCUT2D eigenvalue weighted by Gasteiger charge is -2.12. The molecule has 28 heavy (non-hydrogen) atoms. The zero-order valence-electron chi connectivity index (χ0n) is 15.5. The number of anilines is 1. The maximum Gasteiger partial charge on any atom is 0.433 e. The highest BCUT2D eigenvalue weighted by molar-refractivity contribution is 14.0. The van der Waals surface area contributed by atoms with Crippen molar-refractivity contribution in [2.24, 2.45) is 4.99 Å². The summed E-state index contributed by atoms with van der Waals surface area (Å²) in [5, 5.41) is 12.0. The van der Waals surface area contributed by atoms with Crippen molar-refractivity contribution in [3.05, 3.63) is 34.0 Å². The first-order chi connectivity index (χ1) is 12.9. The van der Waals surface area contributed by atoms with Gasteiger partial charge in [0, 0.05) is 44.2 Å². The quantitative estimate of drug-likeness (QED) is 0.211. The van der Waals surface area contributed by atoms with Gasteiger partial charge in [-0.15, -0.1) is 35.3 Å². The minimum atomic E-state index is -4.49. The van der Waals surface area contributed by atoms with Crippen molar-refractivity contribution in [3.63, 3.8) is 0 Å². The van der Waals surface area contributed by atoms with E-state index in [1.165, 1.54) is 0 Å². The van der Waals surface area contributed by atoms with Crippen LogP contribution in [0.3, 0.4) is 0 Å². The van der Waals surface area contributed by atoms with E-state index in [9.17, 15) is 13.2 Å². The SMILES string of the molecule is CCNC(=NCCc1csc(C)n1)NCCNc1nccc(C(F)(F)F)n1.I. The molecule has 0 aliphatic rings. The number of guanidine groups is 1. The number of nitrogens with zero attached hydrogens (tertiary/aromatic N) is 4. The second-order valence-corrected chi connectivity index (χ2v) is 6.55. The van der Waals surface area contributed by atoms with E-state index in [1.54, 1.807) is 11.3 Å². The Morgan fingerprint density at radius 3 is 2.64 bits per heavy atom. The van der Waals surface area contributed by atoms with E-state index in [0.29, 0.717) is 32.1 Å². The Labute approximate surface area is 182 Å². The smallest absolute Gasteiger partial charge is 0.357 e. The fourth-order valence-corrected chi connectivity index (χ4v) is 2.75. The first-order valence-corrected chi connectivity index (χ1v) is 9.33. The fraction of sp³-hybridized carbons (Fsp3) is 0.500. The van der Waals surface area contributed by atoms with Crippen molar-refractivity contribution in [1.29, 1.82) is 0 Å². The predicted molar refractivity (Wildman–Crippen MR) is 115 cm³/mol. The monoisotopic (exact) mass is 529 g/mol. The van der Waals surface area contributed by atoms with Gasteiger partial charge in [-0.1, -0.05) is 0 Å². The number of hydrogen-bond acceptors (Lipinski definition) is 6. The van der Waals surface area contributed by atoms with E-state index in [2.05, 4.69) is 35.9 Å². The molecule has 2 heterocycles. The van der Waals surface area contributed by atoms with E-state index in [-0.39, 0.29) is 29.9 Å². The van der Waals surface area contributed by atoms with Gasteiger partial charge in [-0.05, 0) is 19.9 Å². The zero-order chi connectivity index (χ0) is 19.7. The van der Waals surface area contributed by atoms with Crippen molar-refractivity contribution in [3.8, 4) is 0 Å². The van der Waals surface area contributed by atoms with Crippen molar-refractivity contribution < 1.29 is 13.2 Å². The number of aliphatic imine (C=N–C) groups is 1. The van der Waals surface area contributed by atoms with E-state index >= 15 is 0 Å². The van der Waals surface area contributed by atoms with Gasteiger partial charge in [-0.3, -0.25) is 4.99 Å². The first kappa shape index (κ1) is 24.3. The van der Waals surface area contributed by atoms with Crippen LogP contribution in [0.5, 0.6) is 0 Å². The molecule has 0 aliphatic carbocycles. The Hall–Kier alpha value is -1.70. The van der Waals surface area contributed by atoms with Gasteiger partial charge in [0.1, 0.15) is 5.69 Å². The Kier molecular flexibility index (Phi) is 10.4. The summed E-state index contributed by atoms with van der Waals surface area (Å²) in [6, 6.07) is 0.837. The molecule has 0 radical (unpaired) electrons. The molecule has 0 bridgehead atoms. The molecule has 7 nitrogen and oxygen atoms in total. The number of alkyl halides is 3. The molecular formula is C16H23F3IN7S. The minimum Gasteiger partial charge on any atom is -0.357 e. The molecular weight excluding hydrogens is 506 g/mol. The summed E-state index contributed by atoms with van der Waals surface area (Å²) in [5.74, 6) is 0.573. The average molecular weight is 529 g/mol. The minimum absolute atomic E-state index is 0. The molecule has 2 rings (SSSR count). The topological polar surface area (TPSA) is 87.1 Å². The maximum absolute atomic E-state index is 12.6. The molecule has 0 saturated carbocycles. The van der Waals surface area contributed by atoms with Gasteiger partial charge in [-0.2, -0.15) is 13.2 Å². The van der Waals surface area contributed by atoms with Gasteiger partial charge in [0.15, 0.2) is 5.96 Å². The summed E-state index contributed by atoms with van der Waals surface area (Å²) >= 11 is 1.61. The third kappa shape index (κ3) is 8.54. The molecule has 0 aromatic carbocycles. The number of nitrogens with one attached hydrogen (secondary N) is 3. The third-order valence-corrected chi connectivity index (χ3v) is 4.12. The van der Waals surface area contributed by atoms with Crippen molar-refractivity contribution in [2.75, 3.05) is 31.5 Å². The maximum atomic E-state index is 12.6. The average Bonchev–Trinajstić information content (AvgIpc) is 3.03. The second kappa shape index (κ2) is 12.0. The summed E-state index contributed by atoms with van der Waals surface area (Å²) in [7, 11) is 0. The molecule has 0 atom stereocenters. The molecule has 0 aliphatic heterocycles. The summed E-state index contributed by atoms with van der Waals surface area (Å²) in [6.07, 6.45) is -2.66. The Bertz CT molecular complexity index is 752. The van der Waals surface area contributed by atoms with Gasteiger partial charge >= 0.3 is 6.18 Å². The standard InChI is InChI=1S/C16H22F3N7S.HI/c1-3-20-14(21-6-4-12-10-27-11(2)25-12)23-8-9-24-15-22-7-5-13(26-15)16(17,18)19;/h5,7,10H,3-4,6,8-9H2,1-2H3,(H2,20,21,23)(H,22,24,26);1H. The third-order valence-electron chi connectivity index (χ3n) is 3.30. The van der Waals surface area contributed by atoms with Gasteiger partial charge in [0.25, 0.3) is 0 Å². The van der Waals surface area contributed by atoms with Gasteiger partial charge in [0.2, 0.25) is 5.95 Å². The lowest BCUT2D eigenvalue weighted by molar-refractivity contribution is -0.141. The molecule has 3 N–H and O–H groups in total. The van der Waals surface area contributed by atoms with Crippen LogP contribution in [-0.2, 0) is 12.6 Å². The van der Waals surface area contributed by atoms with Crippen LogP contribution >= 0.6 is 35.3 Å². The van der Waals surface area contributed by atoms with Crippen LogP contribution in [0.4, 0.5) is 19.1 Å². The van der Waals surface area contributed by atoms with Crippen LogP contribution in [0.1, 0.15) is 23.3 Å². The first-order valence-electron chi connectivity index (χ1n) is 8.45. The zero-order valence-corrected chi connectivity index (χ0v) is 18.7. The molecule has 2 aromatic rings. The molecule has 0 amide bonds. The number of aromatic nitrogens is 3.